The summed E-state index contributed by atoms with van der Waals surface area (Å²) in [6.45, 7) is 4.21. The lowest BCUT2D eigenvalue weighted by atomic mass is 10.1. The van der Waals surface area contributed by atoms with Crippen molar-refractivity contribution in [2.45, 2.75) is 13.8 Å². The van der Waals surface area contributed by atoms with Gasteiger partial charge < -0.3 is 9.47 Å². The van der Waals surface area contributed by atoms with E-state index in [1.165, 1.54) is 0 Å². The van der Waals surface area contributed by atoms with Gasteiger partial charge >= 0.3 is 11.9 Å². The summed E-state index contributed by atoms with van der Waals surface area (Å²) >= 11 is 0. The van der Waals surface area contributed by atoms with Gasteiger partial charge in [-0.3, -0.25) is 0 Å². The highest BCUT2D eigenvalue weighted by molar-refractivity contribution is 5.90. The quantitative estimate of drug-likeness (QED) is 0.601. The Morgan fingerprint density at radius 3 is 1.75 bits per heavy atom. The number of hydrogen-bond acceptors (Lipinski definition) is 6. The SMILES string of the molecule is CCOC(=O)c1ccc(-c2ccnc(-c3ccc(C(=O)OCC)cc3)n2)cc1. The molecule has 0 radical (unpaired) electrons. The Labute approximate surface area is 163 Å². The fourth-order valence-corrected chi connectivity index (χ4v) is 2.62. The van der Waals surface area contributed by atoms with Gasteiger partial charge in [-0.25, -0.2) is 19.6 Å². The Morgan fingerprint density at radius 1 is 0.750 bits per heavy atom. The predicted octanol–water partition coefficient (Wildman–Crippen LogP) is 4.16. The van der Waals surface area contributed by atoms with Crippen LogP contribution in [-0.2, 0) is 9.47 Å². The van der Waals surface area contributed by atoms with Gasteiger partial charge in [0.15, 0.2) is 5.82 Å². The molecule has 3 rings (SSSR count). The van der Waals surface area contributed by atoms with Crippen LogP contribution in [-0.4, -0.2) is 35.1 Å². The van der Waals surface area contributed by atoms with Gasteiger partial charge in [-0.1, -0.05) is 24.3 Å². The Balaban J connectivity index is 1.82. The van der Waals surface area contributed by atoms with E-state index in [-0.39, 0.29) is 11.9 Å². The van der Waals surface area contributed by atoms with Crippen LogP contribution in [0.3, 0.4) is 0 Å². The second kappa shape index (κ2) is 8.90. The zero-order valence-electron chi connectivity index (χ0n) is 15.7. The molecule has 0 saturated carbocycles. The lowest BCUT2D eigenvalue weighted by Gasteiger charge is -2.07. The van der Waals surface area contributed by atoms with Crippen molar-refractivity contribution in [2.75, 3.05) is 13.2 Å². The van der Waals surface area contributed by atoms with Crippen LogP contribution in [0.2, 0.25) is 0 Å². The number of carbonyl (C=O) groups is 2. The molecule has 2 aromatic carbocycles. The van der Waals surface area contributed by atoms with Crippen molar-refractivity contribution in [2.24, 2.45) is 0 Å². The maximum Gasteiger partial charge on any atom is 0.338 e. The first kappa shape index (κ1) is 19.2. The lowest BCUT2D eigenvalue weighted by molar-refractivity contribution is 0.0517. The molecule has 0 bridgehead atoms. The van der Waals surface area contributed by atoms with E-state index in [4.69, 9.17) is 9.47 Å². The minimum atomic E-state index is -0.356. The molecule has 6 heteroatoms. The number of aromatic nitrogens is 2. The van der Waals surface area contributed by atoms with Crippen LogP contribution >= 0.6 is 0 Å². The van der Waals surface area contributed by atoms with Gasteiger partial charge in [0, 0.05) is 17.3 Å². The number of carbonyl (C=O) groups excluding carboxylic acids is 2. The average Bonchev–Trinajstić information content (AvgIpc) is 2.74. The highest BCUT2D eigenvalue weighted by atomic mass is 16.5. The van der Waals surface area contributed by atoms with Crippen LogP contribution in [0.25, 0.3) is 22.6 Å². The number of nitrogens with zero attached hydrogens (tertiary/aromatic N) is 2. The minimum Gasteiger partial charge on any atom is -0.462 e. The largest absolute Gasteiger partial charge is 0.462 e. The van der Waals surface area contributed by atoms with Gasteiger partial charge in [0.2, 0.25) is 0 Å². The molecule has 142 valence electrons. The molecule has 1 heterocycles. The first-order chi connectivity index (χ1) is 13.6. The van der Waals surface area contributed by atoms with E-state index in [1.54, 1.807) is 62.5 Å². The molecule has 0 N–H and O–H groups in total. The van der Waals surface area contributed by atoms with Gasteiger partial charge in [0.1, 0.15) is 0 Å². The van der Waals surface area contributed by atoms with Crippen LogP contribution in [0, 0.1) is 0 Å². The Morgan fingerprint density at radius 2 is 1.25 bits per heavy atom. The van der Waals surface area contributed by atoms with Gasteiger partial charge in [-0.15, -0.1) is 0 Å². The molecule has 0 atom stereocenters. The third-order valence-corrected chi connectivity index (χ3v) is 4.00. The summed E-state index contributed by atoms with van der Waals surface area (Å²) in [5.74, 6) is -0.160. The average molecular weight is 376 g/mol. The molecule has 0 aliphatic carbocycles. The fraction of sp³-hybridized carbons (Fsp3) is 0.182. The summed E-state index contributed by atoms with van der Waals surface area (Å²) in [7, 11) is 0. The van der Waals surface area contributed by atoms with Gasteiger partial charge in [0.25, 0.3) is 0 Å². The lowest BCUT2D eigenvalue weighted by Crippen LogP contribution is -2.04. The van der Waals surface area contributed by atoms with Crippen molar-refractivity contribution >= 4 is 11.9 Å². The van der Waals surface area contributed by atoms with Crippen molar-refractivity contribution in [3.8, 4) is 22.6 Å². The van der Waals surface area contributed by atoms with Crippen LogP contribution in [0.5, 0.6) is 0 Å². The van der Waals surface area contributed by atoms with E-state index in [2.05, 4.69) is 9.97 Å². The van der Waals surface area contributed by atoms with E-state index in [0.717, 1.165) is 16.8 Å². The molecule has 0 aliphatic rings. The number of esters is 2. The molecule has 1 aromatic heterocycles. The summed E-state index contributed by atoms with van der Waals surface area (Å²) in [4.78, 5) is 32.4. The van der Waals surface area contributed by atoms with Gasteiger partial charge in [0.05, 0.1) is 30.0 Å². The van der Waals surface area contributed by atoms with Crippen LogP contribution in [0.1, 0.15) is 34.6 Å². The van der Waals surface area contributed by atoms with E-state index in [1.807, 2.05) is 12.1 Å². The highest BCUT2D eigenvalue weighted by Crippen LogP contribution is 2.22. The molecule has 0 saturated heterocycles. The van der Waals surface area contributed by atoms with Crippen molar-refractivity contribution in [3.05, 3.63) is 71.9 Å². The second-order valence-corrected chi connectivity index (χ2v) is 5.86. The molecular formula is C22H20N2O4. The van der Waals surface area contributed by atoms with Crippen molar-refractivity contribution in [1.29, 1.82) is 0 Å². The zero-order chi connectivity index (χ0) is 19.9. The van der Waals surface area contributed by atoms with Gasteiger partial charge in [-0.2, -0.15) is 0 Å². The summed E-state index contributed by atoms with van der Waals surface area (Å²) in [5, 5.41) is 0. The zero-order valence-corrected chi connectivity index (χ0v) is 15.7. The standard InChI is InChI=1S/C22H20N2O4/c1-3-27-21(25)17-9-5-15(6-10-17)19-13-14-23-20(24-19)16-7-11-18(12-8-16)22(26)28-4-2/h5-14H,3-4H2,1-2H3. The summed E-state index contributed by atoms with van der Waals surface area (Å²) < 4.78 is 9.98. The number of ether oxygens (including phenoxy) is 2. The molecule has 28 heavy (non-hydrogen) atoms. The third kappa shape index (κ3) is 4.40. The summed E-state index contributed by atoms with van der Waals surface area (Å²) in [6.07, 6.45) is 1.68. The normalized spacial score (nSPS) is 10.4. The predicted molar refractivity (Wildman–Crippen MR) is 105 cm³/mol. The monoisotopic (exact) mass is 376 g/mol. The number of rotatable bonds is 6. The Hall–Kier alpha value is -3.54. The van der Waals surface area contributed by atoms with Gasteiger partial charge in [-0.05, 0) is 44.2 Å². The molecule has 6 nitrogen and oxygen atoms in total. The van der Waals surface area contributed by atoms with Crippen molar-refractivity contribution in [3.63, 3.8) is 0 Å². The van der Waals surface area contributed by atoms with Crippen LogP contribution < -0.4 is 0 Å². The maximum absolute atomic E-state index is 11.8. The second-order valence-electron chi connectivity index (χ2n) is 5.86. The van der Waals surface area contributed by atoms with Crippen molar-refractivity contribution in [1.82, 2.24) is 9.97 Å². The van der Waals surface area contributed by atoms with E-state index < -0.39 is 0 Å². The molecule has 0 spiro atoms. The Kier molecular flexibility index (Phi) is 6.11. The minimum absolute atomic E-state index is 0.334. The third-order valence-electron chi connectivity index (χ3n) is 4.00. The fourth-order valence-electron chi connectivity index (χ4n) is 2.62. The van der Waals surface area contributed by atoms with E-state index >= 15 is 0 Å². The number of hydrogen-bond donors (Lipinski definition) is 0. The van der Waals surface area contributed by atoms with Crippen LogP contribution in [0.4, 0.5) is 0 Å². The molecule has 0 amide bonds. The van der Waals surface area contributed by atoms with E-state index in [9.17, 15) is 9.59 Å². The summed E-state index contributed by atoms with van der Waals surface area (Å²) in [5.41, 5.74) is 3.36. The highest BCUT2D eigenvalue weighted by Gasteiger charge is 2.10. The maximum atomic E-state index is 11.8. The van der Waals surface area contributed by atoms with E-state index in [0.29, 0.717) is 30.2 Å². The van der Waals surface area contributed by atoms with Crippen LogP contribution in [0.15, 0.2) is 60.8 Å². The Bertz CT molecular complexity index is 890. The molecule has 0 aliphatic heterocycles. The molecule has 3 aromatic rings. The molecule has 0 fully saturated rings. The summed E-state index contributed by atoms with van der Waals surface area (Å²) in [6, 6.07) is 15.8. The topological polar surface area (TPSA) is 78.4 Å². The molecular weight excluding hydrogens is 356 g/mol. The smallest absolute Gasteiger partial charge is 0.338 e. The van der Waals surface area contributed by atoms with Crippen molar-refractivity contribution < 1.29 is 19.1 Å². The first-order valence-electron chi connectivity index (χ1n) is 9.00. The first-order valence-corrected chi connectivity index (χ1v) is 9.00. The molecule has 0 unspecified atom stereocenters. The number of benzene rings is 2.